The van der Waals surface area contributed by atoms with Gasteiger partial charge in [0.2, 0.25) is 0 Å². The number of halogens is 1. The van der Waals surface area contributed by atoms with Crippen molar-refractivity contribution in [2.75, 3.05) is 0 Å². The summed E-state index contributed by atoms with van der Waals surface area (Å²) in [5.74, 6) is 0. The van der Waals surface area contributed by atoms with Gasteiger partial charge in [0, 0.05) is 28.6 Å². The first-order valence-corrected chi connectivity index (χ1v) is 6.60. The van der Waals surface area contributed by atoms with Crippen LogP contribution in [0.3, 0.4) is 0 Å². The van der Waals surface area contributed by atoms with E-state index in [2.05, 4.69) is 25.1 Å². The molecule has 17 heavy (non-hydrogen) atoms. The quantitative estimate of drug-likeness (QED) is 0.713. The monoisotopic (exact) mass is 268 g/mol. The molecule has 0 saturated heterocycles. The summed E-state index contributed by atoms with van der Waals surface area (Å²) in [6.07, 6.45) is 5.81. The van der Waals surface area contributed by atoms with E-state index >= 15 is 0 Å². The molecule has 3 rings (SSSR count). The first kappa shape index (κ1) is 12.7. The maximum Gasteiger partial charge on any atom is 0.0968 e. The molecule has 2 nitrogen and oxygen atoms in total. The van der Waals surface area contributed by atoms with Gasteiger partial charge in [-0.15, -0.1) is 23.7 Å². The molecule has 0 amide bonds. The fourth-order valence-electron chi connectivity index (χ4n) is 2.73. The second kappa shape index (κ2) is 4.46. The van der Waals surface area contributed by atoms with Crippen molar-refractivity contribution in [3.8, 4) is 11.3 Å². The van der Waals surface area contributed by atoms with E-state index in [0.29, 0.717) is 0 Å². The second-order valence-corrected chi connectivity index (χ2v) is 6.03. The smallest absolute Gasteiger partial charge is 0.0968 e. The Morgan fingerprint density at radius 2 is 2.00 bits per heavy atom. The van der Waals surface area contributed by atoms with Crippen molar-refractivity contribution in [1.29, 1.82) is 0 Å². The highest BCUT2D eigenvalue weighted by atomic mass is 35.5. The molecule has 0 spiro atoms. The highest BCUT2D eigenvalue weighted by molar-refractivity contribution is 7.12. The van der Waals surface area contributed by atoms with Gasteiger partial charge in [0.1, 0.15) is 0 Å². The zero-order valence-electron chi connectivity index (χ0n) is 10.4. The van der Waals surface area contributed by atoms with Gasteiger partial charge in [-0.2, -0.15) is 5.10 Å². The van der Waals surface area contributed by atoms with Crippen molar-refractivity contribution in [3.05, 3.63) is 27.1 Å². The minimum Gasteiger partial charge on any atom is -0.275 e. The molecular weight excluding hydrogens is 252 g/mol. The molecule has 92 valence electrons. The minimum atomic E-state index is 0. The average Bonchev–Trinajstić information content (AvgIpc) is 2.63. The minimum absolute atomic E-state index is 0. The molecule has 0 aliphatic heterocycles. The van der Waals surface area contributed by atoms with Gasteiger partial charge in [0.15, 0.2) is 0 Å². The largest absolute Gasteiger partial charge is 0.275 e. The van der Waals surface area contributed by atoms with Crippen molar-refractivity contribution < 1.29 is 0 Å². The van der Waals surface area contributed by atoms with E-state index in [-0.39, 0.29) is 12.4 Å². The van der Waals surface area contributed by atoms with Gasteiger partial charge >= 0.3 is 0 Å². The van der Waals surface area contributed by atoms with Gasteiger partial charge in [-0.1, -0.05) is 0 Å². The molecular formula is C13H17ClN2S. The Labute approximate surface area is 112 Å². The van der Waals surface area contributed by atoms with Gasteiger partial charge in [-0.05, 0) is 44.2 Å². The second-order valence-electron chi connectivity index (χ2n) is 4.60. The van der Waals surface area contributed by atoms with E-state index in [4.69, 9.17) is 0 Å². The Bertz CT molecular complexity index is 554. The molecule has 2 heterocycles. The van der Waals surface area contributed by atoms with Crippen molar-refractivity contribution in [3.63, 3.8) is 0 Å². The Morgan fingerprint density at radius 1 is 1.24 bits per heavy atom. The Balaban J connectivity index is 0.00000108. The Kier molecular flexibility index (Phi) is 3.32. The van der Waals surface area contributed by atoms with Gasteiger partial charge < -0.3 is 0 Å². The first-order chi connectivity index (χ1) is 7.66. The maximum atomic E-state index is 4.65. The van der Waals surface area contributed by atoms with Gasteiger partial charge in [0.05, 0.1) is 5.69 Å². The van der Waals surface area contributed by atoms with Crippen molar-refractivity contribution in [2.45, 2.75) is 33.1 Å². The van der Waals surface area contributed by atoms with Crippen LogP contribution in [0.2, 0.25) is 0 Å². The van der Waals surface area contributed by atoms with Crippen LogP contribution in [0.15, 0.2) is 6.20 Å². The lowest BCUT2D eigenvalue weighted by atomic mass is 10.0. The summed E-state index contributed by atoms with van der Waals surface area (Å²) in [5, 5.41) is 4.65. The van der Waals surface area contributed by atoms with Crippen molar-refractivity contribution in [1.82, 2.24) is 9.78 Å². The van der Waals surface area contributed by atoms with Crippen LogP contribution in [-0.2, 0) is 19.9 Å². The Morgan fingerprint density at radius 3 is 2.76 bits per heavy atom. The molecule has 0 atom stereocenters. The number of hydrogen-bond acceptors (Lipinski definition) is 2. The van der Waals surface area contributed by atoms with Crippen LogP contribution in [0.25, 0.3) is 11.3 Å². The third-order valence-corrected chi connectivity index (χ3v) is 4.46. The summed E-state index contributed by atoms with van der Waals surface area (Å²) in [6, 6.07) is 0. The summed E-state index contributed by atoms with van der Waals surface area (Å²) in [4.78, 5) is 2.90. The molecule has 2 aromatic rings. The van der Waals surface area contributed by atoms with Crippen molar-refractivity contribution in [2.24, 2.45) is 7.05 Å². The predicted octanol–water partition coefficient (Wildman–Crippen LogP) is 3.68. The lowest BCUT2D eigenvalue weighted by Crippen LogP contribution is -1.91. The molecule has 0 aromatic carbocycles. The van der Waals surface area contributed by atoms with E-state index in [9.17, 15) is 0 Å². The molecule has 1 aliphatic rings. The standard InChI is InChI=1S/C13H16N2S.ClH/c1-8-11-6-4-5-10-7-15(3)14-13(10)12(11)9(2)16-8;/h7H,4-6H2,1-3H3;1H. The van der Waals surface area contributed by atoms with Crippen LogP contribution in [-0.4, -0.2) is 9.78 Å². The van der Waals surface area contributed by atoms with E-state index in [1.54, 1.807) is 5.56 Å². The van der Waals surface area contributed by atoms with E-state index in [1.807, 2.05) is 23.1 Å². The molecule has 4 heteroatoms. The summed E-state index contributed by atoms with van der Waals surface area (Å²) < 4.78 is 1.95. The number of aromatic nitrogens is 2. The van der Waals surface area contributed by atoms with Crippen LogP contribution in [0, 0.1) is 13.8 Å². The van der Waals surface area contributed by atoms with Crippen LogP contribution in [0.4, 0.5) is 0 Å². The third-order valence-electron chi connectivity index (χ3n) is 3.40. The summed E-state index contributed by atoms with van der Waals surface area (Å²) in [7, 11) is 2.02. The Hall–Kier alpha value is -0.800. The van der Waals surface area contributed by atoms with Gasteiger partial charge in [-0.25, -0.2) is 0 Å². The molecule has 0 N–H and O–H groups in total. The van der Waals surface area contributed by atoms with Crippen LogP contribution in [0.5, 0.6) is 0 Å². The topological polar surface area (TPSA) is 17.8 Å². The predicted molar refractivity (Wildman–Crippen MR) is 75.3 cm³/mol. The molecule has 0 radical (unpaired) electrons. The molecule has 0 unspecified atom stereocenters. The number of thiophene rings is 1. The van der Waals surface area contributed by atoms with Gasteiger partial charge in [-0.3, -0.25) is 4.68 Å². The molecule has 0 bridgehead atoms. The summed E-state index contributed by atoms with van der Waals surface area (Å²) in [5.41, 5.74) is 5.62. The highest BCUT2D eigenvalue weighted by Gasteiger charge is 2.22. The molecule has 0 saturated carbocycles. The zero-order chi connectivity index (χ0) is 11.3. The lowest BCUT2D eigenvalue weighted by Gasteiger charge is -2.00. The lowest BCUT2D eigenvalue weighted by molar-refractivity contribution is 0.763. The van der Waals surface area contributed by atoms with Crippen LogP contribution in [0.1, 0.15) is 27.3 Å². The number of aryl methyl sites for hydroxylation is 4. The van der Waals surface area contributed by atoms with E-state index in [1.165, 1.54) is 45.8 Å². The summed E-state index contributed by atoms with van der Waals surface area (Å²) in [6.45, 7) is 4.46. The van der Waals surface area contributed by atoms with Gasteiger partial charge in [0.25, 0.3) is 0 Å². The summed E-state index contributed by atoms with van der Waals surface area (Å²) >= 11 is 1.92. The molecule has 0 fully saturated rings. The SMILES string of the molecule is Cc1sc(C)c2c1CCCc1cn(C)nc1-2.Cl. The normalized spacial score (nSPS) is 13.6. The fourth-order valence-corrected chi connectivity index (χ4v) is 3.84. The highest BCUT2D eigenvalue weighted by Crippen LogP contribution is 2.39. The van der Waals surface area contributed by atoms with Crippen molar-refractivity contribution >= 4 is 23.7 Å². The molecule has 2 aromatic heterocycles. The molecule has 1 aliphatic carbocycles. The number of nitrogens with zero attached hydrogens (tertiary/aromatic N) is 2. The van der Waals surface area contributed by atoms with E-state index in [0.717, 1.165) is 0 Å². The van der Waals surface area contributed by atoms with Crippen LogP contribution < -0.4 is 0 Å². The third kappa shape index (κ3) is 1.91. The van der Waals surface area contributed by atoms with E-state index < -0.39 is 0 Å². The average molecular weight is 269 g/mol. The number of rotatable bonds is 0. The fraction of sp³-hybridized carbons (Fsp3) is 0.462. The maximum absolute atomic E-state index is 4.65. The number of hydrogen-bond donors (Lipinski definition) is 0. The number of fused-ring (bicyclic) bond motifs is 3. The zero-order valence-corrected chi connectivity index (χ0v) is 12.0. The first-order valence-electron chi connectivity index (χ1n) is 5.78. The van der Waals surface area contributed by atoms with Crippen LogP contribution >= 0.6 is 23.7 Å².